The van der Waals surface area contributed by atoms with Crippen LogP contribution in [-0.2, 0) is 0 Å². The van der Waals surface area contributed by atoms with Crippen molar-refractivity contribution in [1.82, 2.24) is 4.98 Å². The second-order valence-corrected chi connectivity index (χ2v) is 5.21. The maximum atomic E-state index is 11.3. The summed E-state index contributed by atoms with van der Waals surface area (Å²) in [6, 6.07) is 11.9. The van der Waals surface area contributed by atoms with E-state index in [4.69, 9.17) is 11.5 Å². The zero-order valence-electron chi connectivity index (χ0n) is 11.7. The molecule has 0 spiro atoms. The summed E-state index contributed by atoms with van der Waals surface area (Å²) in [5, 5.41) is 0. The summed E-state index contributed by atoms with van der Waals surface area (Å²) in [4.78, 5) is 17.5. The monoisotopic (exact) mass is 282 g/mol. The Morgan fingerprint density at radius 2 is 2.14 bits per heavy atom. The van der Waals surface area contributed by atoms with Crippen molar-refractivity contribution in [2.24, 2.45) is 11.5 Å². The molecular weight excluding hydrogens is 264 g/mol. The van der Waals surface area contributed by atoms with Gasteiger partial charge in [0.2, 0.25) is 0 Å². The van der Waals surface area contributed by atoms with Gasteiger partial charge in [-0.05, 0) is 36.7 Å². The van der Waals surface area contributed by atoms with Gasteiger partial charge < -0.3 is 16.4 Å². The Bertz CT molecular complexity index is 671. The predicted molar refractivity (Wildman–Crippen MR) is 82.6 cm³/mol. The third-order valence-corrected chi connectivity index (χ3v) is 3.89. The fraction of sp³-hybridized carbons (Fsp3) is 0.250. The van der Waals surface area contributed by atoms with E-state index >= 15 is 0 Å². The molecule has 108 valence electrons. The van der Waals surface area contributed by atoms with Crippen molar-refractivity contribution < 1.29 is 4.79 Å². The number of pyridine rings is 1. The third-order valence-electron chi connectivity index (χ3n) is 3.89. The van der Waals surface area contributed by atoms with Crippen molar-refractivity contribution in [3.8, 4) is 0 Å². The molecule has 1 aromatic carbocycles. The molecule has 21 heavy (non-hydrogen) atoms. The van der Waals surface area contributed by atoms with Crippen LogP contribution in [0.15, 0.2) is 42.6 Å². The van der Waals surface area contributed by atoms with Crippen LogP contribution in [0.3, 0.4) is 0 Å². The number of nitrogens with zero attached hydrogens (tertiary/aromatic N) is 2. The lowest BCUT2D eigenvalue weighted by atomic mass is 9.98. The zero-order valence-corrected chi connectivity index (χ0v) is 11.7. The van der Waals surface area contributed by atoms with Crippen molar-refractivity contribution in [2.45, 2.75) is 12.3 Å². The van der Waals surface area contributed by atoms with E-state index in [9.17, 15) is 4.79 Å². The van der Waals surface area contributed by atoms with Gasteiger partial charge in [-0.25, -0.2) is 0 Å². The molecule has 5 heteroatoms. The van der Waals surface area contributed by atoms with Crippen LogP contribution in [0.5, 0.6) is 0 Å². The maximum absolute atomic E-state index is 11.3. The second-order valence-electron chi connectivity index (χ2n) is 5.21. The number of hydrogen-bond donors (Lipinski definition) is 2. The zero-order chi connectivity index (χ0) is 14.8. The molecule has 3 rings (SSSR count). The molecule has 1 aromatic heterocycles. The number of amides is 1. The van der Waals surface area contributed by atoms with Crippen LogP contribution in [0.25, 0.3) is 0 Å². The highest BCUT2D eigenvalue weighted by Gasteiger charge is 2.28. The van der Waals surface area contributed by atoms with E-state index in [0.717, 1.165) is 24.3 Å². The molecule has 0 saturated carbocycles. The van der Waals surface area contributed by atoms with Gasteiger partial charge in [-0.1, -0.05) is 18.2 Å². The first-order valence-electron chi connectivity index (χ1n) is 7.03. The van der Waals surface area contributed by atoms with Crippen LogP contribution >= 0.6 is 0 Å². The molecule has 2 heterocycles. The van der Waals surface area contributed by atoms with E-state index < -0.39 is 5.91 Å². The van der Waals surface area contributed by atoms with Gasteiger partial charge in [-0.15, -0.1) is 0 Å². The van der Waals surface area contributed by atoms with Gasteiger partial charge in [-0.2, -0.15) is 0 Å². The summed E-state index contributed by atoms with van der Waals surface area (Å²) in [6.45, 7) is 1.52. The fourth-order valence-electron chi connectivity index (χ4n) is 2.91. The Kier molecular flexibility index (Phi) is 3.58. The van der Waals surface area contributed by atoms with Crippen molar-refractivity contribution in [1.29, 1.82) is 0 Å². The number of aromatic nitrogens is 1. The van der Waals surface area contributed by atoms with Crippen molar-refractivity contribution in [3.05, 3.63) is 53.9 Å². The molecule has 1 atom stereocenters. The summed E-state index contributed by atoms with van der Waals surface area (Å²) >= 11 is 0. The molecule has 1 unspecified atom stereocenters. The Labute approximate surface area is 123 Å². The number of primary amides is 1. The number of nitrogens with two attached hydrogens (primary N) is 2. The van der Waals surface area contributed by atoms with E-state index in [-0.39, 0.29) is 5.69 Å². The van der Waals surface area contributed by atoms with Crippen LogP contribution in [0.1, 0.15) is 28.4 Å². The average molecular weight is 282 g/mol. The van der Waals surface area contributed by atoms with Crippen molar-refractivity contribution >= 4 is 17.3 Å². The fourth-order valence-corrected chi connectivity index (χ4v) is 2.91. The molecule has 4 N–H and O–H groups in total. The van der Waals surface area contributed by atoms with Gasteiger partial charge in [0, 0.05) is 30.0 Å². The minimum absolute atomic E-state index is 0.284. The highest BCUT2D eigenvalue weighted by molar-refractivity contribution is 5.92. The first-order valence-corrected chi connectivity index (χ1v) is 7.03. The molecule has 5 nitrogen and oxygen atoms in total. The Hall–Kier alpha value is -2.40. The van der Waals surface area contributed by atoms with Crippen molar-refractivity contribution in [2.75, 3.05) is 18.0 Å². The number of para-hydroxylation sites is 1. The lowest BCUT2D eigenvalue weighted by molar-refractivity contribution is 0.0995. The molecular formula is C16H18N4O. The quantitative estimate of drug-likeness (QED) is 0.895. The number of fused-ring (bicyclic) bond motifs is 1. The van der Waals surface area contributed by atoms with Gasteiger partial charge in [0.15, 0.2) is 0 Å². The first-order chi connectivity index (χ1) is 10.2. The van der Waals surface area contributed by atoms with Crippen LogP contribution in [0, 0.1) is 0 Å². The summed E-state index contributed by atoms with van der Waals surface area (Å²) in [5.74, 6) is -0.0979. The molecule has 0 radical (unpaired) electrons. The highest BCUT2D eigenvalue weighted by atomic mass is 16.1. The molecule has 1 aliphatic rings. The van der Waals surface area contributed by atoms with Crippen LogP contribution in [-0.4, -0.2) is 24.0 Å². The lowest BCUT2D eigenvalue weighted by Gasteiger charge is -2.20. The van der Waals surface area contributed by atoms with E-state index in [0.29, 0.717) is 12.5 Å². The van der Waals surface area contributed by atoms with E-state index in [1.165, 1.54) is 5.56 Å². The molecule has 0 saturated heterocycles. The van der Waals surface area contributed by atoms with Crippen molar-refractivity contribution in [3.63, 3.8) is 0 Å². The number of hydrogen-bond acceptors (Lipinski definition) is 4. The van der Waals surface area contributed by atoms with Gasteiger partial charge in [0.1, 0.15) is 5.69 Å². The number of rotatable bonds is 4. The summed E-state index contributed by atoms with van der Waals surface area (Å²) in [7, 11) is 0. The molecule has 1 amide bonds. The summed E-state index contributed by atoms with van der Waals surface area (Å²) in [6.07, 6.45) is 2.57. The SMILES string of the molecule is NCCC1CN(c2ccnc(C(N)=O)c2)c2ccccc21. The lowest BCUT2D eigenvalue weighted by Crippen LogP contribution is -2.19. The minimum atomic E-state index is -0.511. The molecule has 2 aromatic rings. The standard InChI is InChI=1S/C16H18N4O/c17-7-5-11-10-20(15-4-2-1-3-13(11)15)12-6-8-19-14(9-12)16(18)21/h1-4,6,8-9,11H,5,7,10,17H2,(H2,18,21). The number of carbonyl (C=O) groups is 1. The van der Waals surface area contributed by atoms with Crippen LogP contribution in [0.4, 0.5) is 11.4 Å². The molecule has 1 aliphatic heterocycles. The molecule has 0 fully saturated rings. The first kappa shape index (κ1) is 13.6. The number of anilines is 2. The van der Waals surface area contributed by atoms with Gasteiger partial charge in [0.25, 0.3) is 5.91 Å². The Morgan fingerprint density at radius 1 is 1.33 bits per heavy atom. The minimum Gasteiger partial charge on any atom is -0.364 e. The van der Waals surface area contributed by atoms with Gasteiger partial charge in [0.05, 0.1) is 0 Å². The van der Waals surface area contributed by atoms with E-state index in [1.807, 2.05) is 18.2 Å². The van der Waals surface area contributed by atoms with E-state index in [2.05, 4.69) is 22.0 Å². The smallest absolute Gasteiger partial charge is 0.267 e. The summed E-state index contributed by atoms with van der Waals surface area (Å²) < 4.78 is 0. The maximum Gasteiger partial charge on any atom is 0.267 e. The highest BCUT2D eigenvalue weighted by Crippen LogP contribution is 2.41. The molecule has 0 bridgehead atoms. The van der Waals surface area contributed by atoms with Crippen LogP contribution in [0.2, 0.25) is 0 Å². The largest absolute Gasteiger partial charge is 0.364 e. The topological polar surface area (TPSA) is 85.2 Å². The summed E-state index contributed by atoms with van der Waals surface area (Å²) in [5.41, 5.74) is 14.7. The van der Waals surface area contributed by atoms with Gasteiger partial charge >= 0.3 is 0 Å². The third kappa shape index (κ3) is 2.48. The van der Waals surface area contributed by atoms with Gasteiger partial charge in [-0.3, -0.25) is 9.78 Å². The average Bonchev–Trinajstić information content (AvgIpc) is 2.87. The Morgan fingerprint density at radius 3 is 2.90 bits per heavy atom. The Balaban J connectivity index is 2.00. The normalized spacial score (nSPS) is 16.8. The van der Waals surface area contributed by atoms with Crippen LogP contribution < -0.4 is 16.4 Å². The number of carbonyl (C=O) groups excluding carboxylic acids is 1. The predicted octanol–water partition coefficient (Wildman–Crippen LogP) is 1.76. The van der Waals surface area contributed by atoms with E-state index in [1.54, 1.807) is 12.3 Å². The molecule has 0 aliphatic carbocycles. The number of benzene rings is 1. The second kappa shape index (κ2) is 5.54.